The van der Waals surface area contributed by atoms with Crippen molar-refractivity contribution >= 4 is 5.57 Å². The largest absolute Gasteiger partial charge is 0.504 e. The summed E-state index contributed by atoms with van der Waals surface area (Å²) in [6.45, 7) is 11.6. The molecule has 2 aromatic rings. The number of aromatic nitrogens is 2. The lowest BCUT2D eigenvalue weighted by Crippen LogP contribution is -2.39. The van der Waals surface area contributed by atoms with Crippen molar-refractivity contribution in [2.75, 3.05) is 0 Å². The van der Waals surface area contributed by atoms with Crippen molar-refractivity contribution in [2.45, 2.75) is 44.8 Å². The van der Waals surface area contributed by atoms with Crippen LogP contribution in [0.1, 0.15) is 56.1 Å². The third-order valence-corrected chi connectivity index (χ3v) is 4.89. The molecule has 7 nitrogen and oxygen atoms in total. The van der Waals surface area contributed by atoms with Gasteiger partial charge in [0.25, 0.3) is 0 Å². The lowest BCUT2D eigenvalue weighted by atomic mass is 9.80. The predicted molar refractivity (Wildman–Crippen MR) is 106 cm³/mol. The molecule has 1 aromatic heterocycles. The van der Waals surface area contributed by atoms with E-state index in [0.29, 0.717) is 5.89 Å². The summed E-state index contributed by atoms with van der Waals surface area (Å²) in [7, 11) is 0. The highest BCUT2D eigenvalue weighted by molar-refractivity contribution is 5.69. The highest BCUT2D eigenvalue weighted by Crippen LogP contribution is 2.37. The Bertz CT molecular complexity index is 923. The Labute approximate surface area is 163 Å². The third-order valence-electron chi connectivity index (χ3n) is 4.89. The van der Waals surface area contributed by atoms with Crippen LogP contribution in [0.3, 0.4) is 0 Å². The molecule has 3 rings (SSSR count). The van der Waals surface area contributed by atoms with E-state index in [0.717, 1.165) is 35.2 Å². The van der Waals surface area contributed by atoms with Gasteiger partial charge in [-0.3, -0.25) is 0 Å². The van der Waals surface area contributed by atoms with Crippen LogP contribution in [0.4, 0.5) is 0 Å². The number of nitrogens with zero attached hydrogens (tertiary/aromatic N) is 2. The summed E-state index contributed by atoms with van der Waals surface area (Å²) in [4.78, 5) is 0. The van der Waals surface area contributed by atoms with Crippen LogP contribution in [0.15, 0.2) is 53.1 Å². The Kier molecular flexibility index (Phi) is 5.56. The minimum atomic E-state index is -0.760. The summed E-state index contributed by atoms with van der Waals surface area (Å²) in [6.07, 6.45) is 2.79. The lowest BCUT2D eigenvalue weighted by Gasteiger charge is -2.35. The van der Waals surface area contributed by atoms with Crippen molar-refractivity contribution in [1.29, 1.82) is 0 Å². The Morgan fingerprint density at radius 2 is 1.96 bits per heavy atom. The molecule has 148 valence electrons. The Morgan fingerprint density at radius 3 is 2.57 bits per heavy atom. The van der Waals surface area contributed by atoms with E-state index < -0.39 is 6.10 Å². The number of aliphatic hydroxyl groups excluding tert-OH is 1. The molecule has 1 aromatic carbocycles. The van der Waals surface area contributed by atoms with Gasteiger partial charge in [0.1, 0.15) is 6.10 Å². The van der Waals surface area contributed by atoms with Crippen molar-refractivity contribution < 1.29 is 19.7 Å². The number of phenols is 2. The predicted octanol–water partition coefficient (Wildman–Crippen LogP) is 3.54. The van der Waals surface area contributed by atoms with Gasteiger partial charge < -0.3 is 25.1 Å². The second-order valence-electron chi connectivity index (χ2n) is 7.20. The molecular formula is C21H25N3O4. The smallest absolute Gasteiger partial charge is 0.244 e. The number of benzene rings is 1. The van der Waals surface area contributed by atoms with E-state index in [-0.39, 0.29) is 29.3 Å². The second-order valence-corrected chi connectivity index (χ2v) is 7.20. The number of phenolic OH excluding ortho intramolecular Hbond substituents is 2. The number of nitrogens with one attached hydrogen (secondary N) is 1. The van der Waals surface area contributed by atoms with Crippen LogP contribution < -0.4 is 5.32 Å². The summed E-state index contributed by atoms with van der Waals surface area (Å²) in [6, 6.07) is 4.93. The average Bonchev–Trinajstić information content (AvgIpc) is 3.09. The fraction of sp³-hybridized carbons (Fsp3) is 0.333. The fourth-order valence-corrected chi connectivity index (χ4v) is 3.06. The maximum absolute atomic E-state index is 9.64. The first kappa shape index (κ1) is 19.7. The molecule has 1 aliphatic carbocycles. The molecule has 1 fully saturated rings. The van der Waals surface area contributed by atoms with Crippen molar-refractivity contribution in [1.82, 2.24) is 15.5 Å². The van der Waals surface area contributed by atoms with Crippen LogP contribution in [-0.2, 0) is 0 Å². The molecule has 1 aliphatic rings. The van der Waals surface area contributed by atoms with Gasteiger partial charge in [0.05, 0.1) is 0 Å². The minimum Gasteiger partial charge on any atom is -0.504 e. The summed E-state index contributed by atoms with van der Waals surface area (Å²) < 4.78 is 5.48. The quantitative estimate of drug-likeness (QED) is 0.427. The van der Waals surface area contributed by atoms with Gasteiger partial charge in [-0.25, -0.2) is 0 Å². The SMILES string of the molecule is C=C(/C=C(\C)c1ccc(O)c(O)c1)C(=C)NC1CC(c2nnc([C@@H](C)O)o2)C1. The monoisotopic (exact) mass is 383 g/mol. The van der Waals surface area contributed by atoms with E-state index in [2.05, 4.69) is 28.7 Å². The van der Waals surface area contributed by atoms with E-state index in [1.807, 2.05) is 13.0 Å². The topological polar surface area (TPSA) is 112 Å². The van der Waals surface area contributed by atoms with Crippen LogP contribution >= 0.6 is 0 Å². The zero-order valence-corrected chi connectivity index (χ0v) is 16.0. The molecule has 0 bridgehead atoms. The van der Waals surface area contributed by atoms with E-state index in [1.54, 1.807) is 13.0 Å². The van der Waals surface area contributed by atoms with Crippen LogP contribution in [0, 0.1) is 0 Å². The lowest BCUT2D eigenvalue weighted by molar-refractivity contribution is 0.155. The summed E-state index contributed by atoms with van der Waals surface area (Å²) in [5, 5.41) is 39.7. The van der Waals surface area contributed by atoms with Gasteiger partial charge in [0.2, 0.25) is 11.8 Å². The molecule has 0 unspecified atom stereocenters. The summed E-state index contributed by atoms with van der Waals surface area (Å²) in [5.74, 6) is 0.665. The number of hydrogen-bond donors (Lipinski definition) is 4. The highest BCUT2D eigenvalue weighted by atomic mass is 16.4. The van der Waals surface area contributed by atoms with Crippen molar-refractivity contribution in [3.8, 4) is 11.5 Å². The van der Waals surface area contributed by atoms with Crippen molar-refractivity contribution in [3.63, 3.8) is 0 Å². The van der Waals surface area contributed by atoms with Crippen LogP contribution in [-0.4, -0.2) is 31.6 Å². The Balaban J connectivity index is 1.53. The molecule has 0 aliphatic heterocycles. The number of aromatic hydroxyl groups is 2. The number of aliphatic hydroxyl groups is 1. The molecule has 1 atom stereocenters. The van der Waals surface area contributed by atoms with Crippen LogP contribution in [0.5, 0.6) is 11.5 Å². The molecular weight excluding hydrogens is 358 g/mol. The van der Waals surface area contributed by atoms with Gasteiger partial charge in [0, 0.05) is 17.7 Å². The number of allylic oxidation sites excluding steroid dienone is 2. The normalized spacial score (nSPS) is 20.3. The van der Waals surface area contributed by atoms with Crippen molar-refractivity contribution in [2.24, 2.45) is 0 Å². The van der Waals surface area contributed by atoms with Crippen LogP contribution in [0.2, 0.25) is 0 Å². The number of rotatable bonds is 7. The first-order valence-corrected chi connectivity index (χ1v) is 9.11. The highest BCUT2D eigenvalue weighted by Gasteiger charge is 2.34. The molecule has 1 heterocycles. The molecule has 0 radical (unpaired) electrons. The number of hydrogen-bond acceptors (Lipinski definition) is 7. The second kappa shape index (κ2) is 7.90. The van der Waals surface area contributed by atoms with Gasteiger partial charge >= 0.3 is 0 Å². The fourth-order valence-electron chi connectivity index (χ4n) is 3.06. The Morgan fingerprint density at radius 1 is 1.25 bits per heavy atom. The molecule has 0 amide bonds. The molecule has 0 saturated heterocycles. The van der Waals surface area contributed by atoms with E-state index in [4.69, 9.17) is 4.42 Å². The minimum absolute atomic E-state index is 0.150. The molecule has 7 heteroatoms. The van der Waals surface area contributed by atoms with Gasteiger partial charge in [-0.05, 0) is 61.6 Å². The maximum Gasteiger partial charge on any atom is 0.244 e. The summed E-state index contributed by atoms with van der Waals surface area (Å²) in [5.41, 5.74) is 3.15. The van der Waals surface area contributed by atoms with Crippen LogP contribution in [0.25, 0.3) is 5.57 Å². The van der Waals surface area contributed by atoms with Gasteiger partial charge in [0.15, 0.2) is 11.5 Å². The molecule has 1 saturated carbocycles. The first-order valence-electron chi connectivity index (χ1n) is 9.11. The van der Waals surface area contributed by atoms with E-state index >= 15 is 0 Å². The Hall–Kier alpha value is -3.06. The average molecular weight is 383 g/mol. The maximum atomic E-state index is 9.64. The summed E-state index contributed by atoms with van der Waals surface area (Å²) >= 11 is 0. The van der Waals surface area contributed by atoms with E-state index in [9.17, 15) is 15.3 Å². The van der Waals surface area contributed by atoms with Gasteiger partial charge in [-0.2, -0.15) is 0 Å². The third kappa shape index (κ3) is 4.26. The van der Waals surface area contributed by atoms with E-state index in [1.165, 1.54) is 12.1 Å². The molecule has 28 heavy (non-hydrogen) atoms. The van der Waals surface area contributed by atoms with Crippen molar-refractivity contribution in [3.05, 3.63) is 66.0 Å². The van der Waals surface area contributed by atoms with Gasteiger partial charge in [-0.1, -0.05) is 19.2 Å². The molecule has 4 N–H and O–H groups in total. The zero-order valence-electron chi connectivity index (χ0n) is 16.0. The standard InChI is InChI=1S/C21H25N3O4/c1-11(7-12(2)15-5-6-18(26)19(27)10-15)13(3)22-17-8-16(9-17)21-24-23-20(28-21)14(4)25/h5-7,10,14,16-17,22,25-27H,1,3,8-9H2,2,4H3/b12-7+/t14-,16?,17?/m1/s1. The van der Waals surface area contributed by atoms with Gasteiger partial charge in [-0.15, -0.1) is 10.2 Å². The first-order chi connectivity index (χ1) is 13.2. The zero-order chi connectivity index (χ0) is 20.4. The molecule has 0 spiro atoms.